The van der Waals surface area contributed by atoms with Gasteiger partial charge in [-0.2, -0.15) is 0 Å². The van der Waals surface area contributed by atoms with Crippen molar-refractivity contribution in [1.82, 2.24) is 4.90 Å². The van der Waals surface area contributed by atoms with Crippen LogP contribution in [0.5, 0.6) is 5.75 Å². The lowest BCUT2D eigenvalue weighted by molar-refractivity contribution is -0.120. The van der Waals surface area contributed by atoms with Crippen molar-refractivity contribution < 1.29 is 14.6 Å². The van der Waals surface area contributed by atoms with Crippen LogP contribution in [-0.4, -0.2) is 47.8 Å². The number of amides is 1. The standard InChI is InChI=1S/C14H20Cl2N2O3/c1-9(2)18(7-14(17)20)6-11(19)8-21-13-4-3-10(15)5-12(13)16/h3-5,9,11,19H,6-8H2,1-2H3,(H2,17,20). The molecule has 1 aromatic rings. The first kappa shape index (κ1) is 18.0. The van der Waals surface area contributed by atoms with Gasteiger partial charge in [0.2, 0.25) is 5.91 Å². The molecule has 7 heteroatoms. The van der Waals surface area contributed by atoms with Gasteiger partial charge in [0.15, 0.2) is 0 Å². The van der Waals surface area contributed by atoms with E-state index in [9.17, 15) is 9.90 Å². The fraction of sp³-hybridized carbons (Fsp3) is 0.500. The molecule has 0 spiro atoms. The van der Waals surface area contributed by atoms with Crippen LogP contribution in [0, 0.1) is 0 Å². The summed E-state index contributed by atoms with van der Waals surface area (Å²) in [5.74, 6) is 0.0173. The minimum atomic E-state index is -0.765. The molecule has 0 aliphatic rings. The number of primary amides is 1. The summed E-state index contributed by atoms with van der Waals surface area (Å²) in [5, 5.41) is 10.9. The molecular formula is C14H20Cl2N2O3. The number of benzene rings is 1. The highest BCUT2D eigenvalue weighted by Gasteiger charge is 2.17. The topological polar surface area (TPSA) is 75.8 Å². The molecule has 1 rings (SSSR count). The Labute approximate surface area is 134 Å². The zero-order valence-electron chi connectivity index (χ0n) is 12.1. The first-order valence-electron chi connectivity index (χ1n) is 6.58. The molecule has 0 aromatic heterocycles. The van der Waals surface area contributed by atoms with Crippen molar-refractivity contribution >= 4 is 29.1 Å². The Balaban J connectivity index is 2.52. The van der Waals surface area contributed by atoms with Gasteiger partial charge >= 0.3 is 0 Å². The van der Waals surface area contributed by atoms with Gasteiger partial charge in [-0.1, -0.05) is 23.2 Å². The summed E-state index contributed by atoms with van der Waals surface area (Å²) in [6.07, 6.45) is -0.765. The van der Waals surface area contributed by atoms with Crippen LogP contribution in [0.15, 0.2) is 18.2 Å². The number of ether oxygens (including phenoxy) is 1. The Morgan fingerprint density at radius 3 is 2.62 bits per heavy atom. The molecule has 1 aromatic carbocycles. The monoisotopic (exact) mass is 334 g/mol. The normalized spacial score (nSPS) is 12.7. The van der Waals surface area contributed by atoms with E-state index in [-0.39, 0.29) is 25.7 Å². The Morgan fingerprint density at radius 1 is 1.43 bits per heavy atom. The minimum Gasteiger partial charge on any atom is -0.489 e. The summed E-state index contributed by atoms with van der Waals surface area (Å²) in [6.45, 7) is 4.28. The number of aliphatic hydroxyl groups is 1. The lowest BCUT2D eigenvalue weighted by Gasteiger charge is -2.27. The Bertz CT molecular complexity index is 483. The maximum absolute atomic E-state index is 11.0. The molecule has 3 N–H and O–H groups in total. The van der Waals surface area contributed by atoms with Gasteiger partial charge in [-0.25, -0.2) is 0 Å². The summed E-state index contributed by atoms with van der Waals surface area (Å²) in [5.41, 5.74) is 5.18. The van der Waals surface area contributed by atoms with E-state index < -0.39 is 12.0 Å². The number of hydrogen-bond acceptors (Lipinski definition) is 4. The molecule has 0 aliphatic heterocycles. The molecule has 0 fully saturated rings. The van der Waals surface area contributed by atoms with Crippen LogP contribution in [0.2, 0.25) is 10.0 Å². The number of hydrogen-bond donors (Lipinski definition) is 2. The minimum absolute atomic E-state index is 0.0589. The number of carbonyl (C=O) groups is 1. The van der Waals surface area contributed by atoms with Crippen LogP contribution >= 0.6 is 23.2 Å². The van der Waals surface area contributed by atoms with Gasteiger partial charge in [-0.05, 0) is 32.0 Å². The second kappa shape index (κ2) is 8.44. The van der Waals surface area contributed by atoms with Gasteiger partial charge in [0.25, 0.3) is 0 Å². The highest BCUT2D eigenvalue weighted by Crippen LogP contribution is 2.27. The first-order chi connectivity index (χ1) is 9.79. The molecule has 1 unspecified atom stereocenters. The molecule has 21 heavy (non-hydrogen) atoms. The maximum Gasteiger partial charge on any atom is 0.231 e. The second-order valence-electron chi connectivity index (χ2n) is 5.03. The molecule has 5 nitrogen and oxygen atoms in total. The highest BCUT2D eigenvalue weighted by molar-refractivity contribution is 6.35. The van der Waals surface area contributed by atoms with E-state index in [2.05, 4.69) is 0 Å². The third-order valence-corrected chi connectivity index (χ3v) is 3.39. The summed E-state index contributed by atoms with van der Waals surface area (Å²) in [4.78, 5) is 12.8. The highest BCUT2D eigenvalue weighted by atomic mass is 35.5. The van der Waals surface area contributed by atoms with E-state index in [1.54, 1.807) is 23.1 Å². The Morgan fingerprint density at radius 2 is 2.10 bits per heavy atom. The predicted octanol–water partition coefficient (Wildman–Crippen LogP) is 1.93. The van der Waals surface area contributed by atoms with Gasteiger partial charge in [0.1, 0.15) is 18.5 Å². The number of aliphatic hydroxyl groups excluding tert-OH is 1. The van der Waals surface area contributed by atoms with Crippen molar-refractivity contribution in [2.24, 2.45) is 5.73 Å². The van der Waals surface area contributed by atoms with E-state index in [1.807, 2.05) is 13.8 Å². The van der Waals surface area contributed by atoms with Crippen LogP contribution in [0.3, 0.4) is 0 Å². The summed E-state index contributed by atoms with van der Waals surface area (Å²) >= 11 is 11.8. The maximum atomic E-state index is 11.0. The van der Waals surface area contributed by atoms with Crippen LogP contribution in [0.1, 0.15) is 13.8 Å². The fourth-order valence-electron chi connectivity index (χ4n) is 1.76. The van der Waals surface area contributed by atoms with Gasteiger partial charge < -0.3 is 15.6 Å². The zero-order valence-corrected chi connectivity index (χ0v) is 13.6. The SMILES string of the molecule is CC(C)N(CC(N)=O)CC(O)COc1ccc(Cl)cc1Cl. The molecule has 118 valence electrons. The largest absolute Gasteiger partial charge is 0.489 e. The molecule has 0 aliphatic carbocycles. The van der Waals surface area contributed by atoms with E-state index in [0.29, 0.717) is 15.8 Å². The lowest BCUT2D eigenvalue weighted by Crippen LogP contribution is -2.44. The molecule has 0 bridgehead atoms. The van der Waals surface area contributed by atoms with Crippen molar-refractivity contribution in [2.45, 2.75) is 26.0 Å². The quantitative estimate of drug-likeness (QED) is 0.761. The summed E-state index contributed by atoms with van der Waals surface area (Å²) < 4.78 is 5.46. The molecule has 0 heterocycles. The van der Waals surface area contributed by atoms with Crippen LogP contribution < -0.4 is 10.5 Å². The smallest absolute Gasteiger partial charge is 0.231 e. The average molecular weight is 335 g/mol. The van der Waals surface area contributed by atoms with E-state index in [1.165, 1.54) is 0 Å². The van der Waals surface area contributed by atoms with E-state index in [4.69, 9.17) is 33.7 Å². The number of nitrogens with zero attached hydrogens (tertiary/aromatic N) is 1. The number of halogens is 2. The molecule has 1 amide bonds. The molecule has 0 saturated heterocycles. The van der Waals surface area contributed by atoms with Crippen molar-refractivity contribution in [3.63, 3.8) is 0 Å². The Hall–Kier alpha value is -1.01. The van der Waals surface area contributed by atoms with Crippen LogP contribution in [0.4, 0.5) is 0 Å². The molecule has 0 radical (unpaired) electrons. The van der Waals surface area contributed by atoms with Gasteiger partial charge in [0, 0.05) is 17.6 Å². The van der Waals surface area contributed by atoms with E-state index >= 15 is 0 Å². The zero-order chi connectivity index (χ0) is 16.0. The molecule has 0 saturated carbocycles. The first-order valence-corrected chi connectivity index (χ1v) is 7.33. The van der Waals surface area contributed by atoms with Crippen molar-refractivity contribution in [1.29, 1.82) is 0 Å². The number of carbonyl (C=O) groups excluding carboxylic acids is 1. The van der Waals surface area contributed by atoms with Crippen molar-refractivity contribution in [3.05, 3.63) is 28.2 Å². The number of rotatable bonds is 8. The molecular weight excluding hydrogens is 315 g/mol. The van der Waals surface area contributed by atoms with Crippen molar-refractivity contribution in [3.8, 4) is 5.75 Å². The van der Waals surface area contributed by atoms with Crippen LogP contribution in [0.25, 0.3) is 0 Å². The summed E-state index contributed by atoms with van der Waals surface area (Å²) in [6, 6.07) is 4.95. The average Bonchev–Trinajstić information content (AvgIpc) is 2.36. The lowest BCUT2D eigenvalue weighted by atomic mass is 10.2. The third-order valence-electron chi connectivity index (χ3n) is 2.86. The van der Waals surface area contributed by atoms with Gasteiger partial charge in [-0.3, -0.25) is 9.69 Å². The third kappa shape index (κ3) is 6.52. The molecule has 1 atom stereocenters. The second-order valence-corrected chi connectivity index (χ2v) is 5.87. The summed E-state index contributed by atoms with van der Waals surface area (Å²) in [7, 11) is 0. The van der Waals surface area contributed by atoms with Crippen molar-refractivity contribution in [2.75, 3.05) is 19.7 Å². The van der Waals surface area contributed by atoms with Crippen LogP contribution in [-0.2, 0) is 4.79 Å². The Kier molecular flexibility index (Phi) is 7.25. The van der Waals surface area contributed by atoms with E-state index in [0.717, 1.165) is 0 Å². The van der Waals surface area contributed by atoms with Gasteiger partial charge in [0.05, 0.1) is 11.6 Å². The van der Waals surface area contributed by atoms with Gasteiger partial charge in [-0.15, -0.1) is 0 Å². The number of nitrogens with two attached hydrogens (primary N) is 1. The fourth-order valence-corrected chi connectivity index (χ4v) is 2.22. The predicted molar refractivity (Wildman–Crippen MR) is 83.9 cm³/mol.